The minimum Gasteiger partial charge on any atom is -0.369 e. The van der Waals surface area contributed by atoms with Crippen LogP contribution in [0, 0.1) is 0 Å². The molecule has 1 atom stereocenters. The molecule has 1 saturated heterocycles. The lowest BCUT2D eigenvalue weighted by Gasteiger charge is -2.34. The van der Waals surface area contributed by atoms with Crippen LogP contribution >= 0.6 is 0 Å². The largest absolute Gasteiger partial charge is 0.369 e. The fourth-order valence-electron chi connectivity index (χ4n) is 2.60. The molecule has 124 valence electrons. The van der Waals surface area contributed by atoms with Gasteiger partial charge in [-0.2, -0.15) is 0 Å². The van der Waals surface area contributed by atoms with Crippen molar-refractivity contribution in [2.45, 2.75) is 19.1 Å². The number of carbonyl (C=O) groups is 2. The molecule has 0 bridgehead atoms. The van der Waals surface area contributed by atoms with Crippen LogP contribution in [-0.4, -0.2) is 41.0 Å². The molecule has 2 aromatic rings. The zero-order valence-electron chi connectivity index (χ0n) is 13.2. The Bertz CT molecular complexity index is 691. The van der Waals surface area contributed by atoms with Crippen molar-refractivity contribution in [1.29, 1.82) is 0 Å². The number of aromatic nitrogens is 1. The Morgan fingerprint density at radius 2 is 2.00 bits per heavy atom. The number of nitrogens with zero attached hydrogens (tertiary/aromatic N) is 2. The fraction of sp³-hybridized carbons (Fsp3) is 0.278. The number of rotatable bonds is 5. The quantitative estimate of drug-likeness (QED) is 0.894. The highest BCUT2D eigenvalue weighted by molar-refractivity contribution is 5.89. The first kappa shape index (κ1) is 16.1. The standard InChI is InChI=1S/C18H19N3O3/c22-17-13-24-12-16(21(17)11-14-6-2-1-3-7-14)18(23)20-10-15-8-4-5-9-19-15/h1-9,16H,10-13H2,(H,20,23)/t16-/m1/s1. The molecule has 1 aromatic carbocycles. The van der Waals surface area contributed by atoms with Gasteiger partial charge in [0.05, 0.1) is 18.8 Å². The summed E-state index contributed by atoms with van der Waals surface area (Å²) in [6, 6.07) is 14.5. The van der Waals surface area contributed by atoms with E-state index in [-0.39, 0.29) is 25.0 Å². The lowest BCUT2D eigenvalue weighted by atomic mass is 10.1. The van der Waals surface area contributed by atoms with Crippen molar-refractivity contribution in [3.05, 3.63) is 66.0 Å². The van der Waals surface area contributed by atoms with Crippen molar-refractivity contribution in [1.82, 2.24) is 15.2 Å². The summed E-state index contributed by atoms with van der Waals surface area (Å²) in [5.74, 6) is -0.410. The van der Waals surface area contributed by atoms with E-state index in [0.717, 1.165) is 11.3 Å². The first-order valence-corrected chi connectivity index (χ1v) is 7.83. The molecule has 1 aliphatic rings. The number of carbonyl (C=O) groups excluding carboxylic acids is 2. The van der Waals surface area contributed by atoms with Gasteiger partial charge < -0.3 is 15.0 Å². The molecule has 0 aliphatic carbocycles. The topological polar surface area (TPSA) is 71.5 Å². The highest BCUT2D eigenvalue weighted by Gasteiger charge is 2.33. The molecule has 1 aromatic heterocycles. The number of hydrogen-bond acceptors (Lipinski definition) is 4. The van der Waals surface area contributed by atoms with Crippen LogP contribution in [0.2, 0.25) is 0 Å². The van der Waals surface area contributed by atoms with E-state index in [9.17, 15) is 9.59 Å². The predicted octanol–water partition coefficient (Wildman–Crippen LogP) is 1.13. The minimum atomic E-state index is -0.629. The lowest BCUT2D eigenvalue weighted by molar-refractivity contribution is -0.155. The van der Waals surface area contributed by atoms with Gasteiger partial charge in [0.2, 0.25) is 11.8 Å². The molecular weight excluding hydrogens is 306 g/mol. The summed E-state index contributed by atoms with van der Waals surface area (Å²) in [5, 5.41) is 2.83. The first-order valence-electron chi connectivity index (χ1n) is 7.83. The fourth-order valence-corrected chi connectivity index (χ4v) is 2.60. The summed E-state index contributed by atoms with van der Waals surface area (Å²) in [7, 11) is 0. The van der Waals surface area contributed by atoms with Crippen LogP contribution in [-0.2, 0) is 27.4 Å². The molecule has 24 heavy (non-hydrogen) atoms. The van der Waals surface area contributed by atoms with Crippen LogP contribution in [0.1, 0.15) is 11.3 Å². The van der Waals surface area contributed by atoms with Gasteiger partial charge in [0.15, 0.2) is 0 Å². The van der Waals surface area contributed by atoms with Gasteiger partial charge in [0, 0.05) is 12.7 Å². The Morgan fingerprint density at radius 1 is 1.21 bits per heavy atom. The van der Waals surface area contributed by atoms with Crippen LogP contribution in [0.4, 0.5) is 0 Å². The predicted molar refractivity (Wildman–Crippen MR) is 87.7 cm³/mol. The van der Waals surface area contributed by atoms with Gasteiger partial charge in [-0.15, -0.1) is 0 Å². The van der Waals surface area contributed by atoms with Crippen molar-refractivity contribution in [3.63, 3.8) is 0 Å². The monoisotopic (exact) mass is 325 g/mol. The summed E-state index contributed by atoms with van der Waals surface area (Å²) < 4.78 is 5.27. The Labute approximate surface area is 140 Å². The van der Waals surface area contributed by atoms with Crippen LogP contribution < -0.4 is 5.32 Å². The molecule has 6 nitrogen and oxygen atoms in total. The van der Waals surface area contributed by atoms with Crippen molar-refractivity contribution in [2.24, 2.45) is 0 Å². The van der Waals surface area contributed by atoms with E-state index >= 15 is 0 Å². The average molecular weight is 325 g/mol. The van der Waals surface area contributed by atoms with E-state index in [1.165, 1.54) is 0 Å². The second-order valence-electron chi connectivity index (χ2n) is 5.58. The van der Waals surface area contributed by atoms with Gasteiger partial charge >= 0.3 is 0 Å². The maximum atomic E-state index is 12.5. The van der Waals surface area contributed by atoms with Gasteiger partial charge in [-0.05, 0) is 17.7 Å². The Balaban J connectivity index is 1.66. The van der Waals surface area contributed by atoms with Crippen LogP contribution in [0.25, 0.3) is 0 Å². The number of benzene rings is 1. The van der Waals surface area contributed by atoms with E-state index in [1.807, 2.05) is 48.5 Å². The van der Waals surface area contributed by atoms with Crippen molar-refractivity contribution >= 4 is 11.8 Å². The van der Waals surface area contributed by atoms with E-state index in [1.54, 1.807) is 11.1 Å². The molecular formula is C18H19N3O3. The van der Waals surface area contributed by atoms with Crippen LogP contribution in [0.15, 0.2) is 54.7 Å². The summed E-state index contributed by atoms with van der Waals surface area (Å²) in [6.45, 7) is 0.928. The van der Waals surface area contributed by atoms with Crippen molar-refractivity contribution in [3.8, 4) is 0 Å². The van der Waals surface area contributed by atoms with Crippen molar-refractivity contribution in [2.75, 3.05) is 13.2 Å². The molecule has 1 aliphatic heterocycles. The van der Waals surface area contributed by atoms with Gasteiger partial charge in [-0.1, -0.05) is 36.4 Å². The summed E-state index contributed by atoms with van der Waals surface area (Å²) >= 11 is 0. The highest BCUT2D eigenvalue weighted by atomic mass is 16.5. The third kappa shape index (κ3) is 3.97. The summed E-state index contributed by atoms with van der Waals surface area (Å²) in [6.07, 6.45) is 1.68. The van der Waals surface area contributed by atoms with E-state index in [4.69, 9.17) is 4.74 Å². The minimum absolute atomic E-state index is 0.0108. The Kier molecular flexibility index (Phi) is 5.18. The van der Waals surface area contributed by atoms with E-state index < -0.39 is 6.04 Å². The summed E-state index contributed by atoms with van der Waals surface area (Å²) in [5.41, 5.74) is 1.75. The first-order chi connectivity index (χ1) is 11.7. The SMILES string of the molecule is O=C(NCc1ccccn1)[C@H]1COCC(=O)N1Cc1ccccc1. The Hall–Kier alpha value is -2.73. The van der Waals surface area contributed by atoms with E-state index in [0.29, 0.717) is 13.1 Å². The zero-order chi connectivity index (χ0) is 16.8. The zero-order valence-corrected chi connectivity index (χ0v) is 13.2. The molecule has 1 N–H and O–H groups in total. The van der Waals surface area contributed by atoms with E-state index in [2.05, 4.69) is 10.3 Å². The third-order valence-electron chi connectivity index (χ3n) is 3.87. The molecule has 1 fully saturated rings. The molecule has 0 spiro atoms. The third-order valence-corrected chi connectivity index (χ3v) is 3.87. The number of hydrogen-bond donors (Lipinski definition) is 1. The van der Waals surface area contributed by atoms with Gasteiger partial charge in [0.25, 0.3) is 0 Å². The van der Waals surface area contributed by atoms with Crippen LogP contribution in [0.5, 0.6) is 0 Å². The highest BCUT2D eigenvalue weighted by Crippen LogP contribution is 2.14. The molecule has 3 rings (SSSR count). The number of pyridine rings is 1. The Morgan fingerprint density at radius 3 is 2.75 bits per heavy atom. The smallest absolute Gasteiger partial charge is 0.249 e. The number of ether oxygens (including phenoxy) is 1. The summed E-state index contributed by atoms with van der Waals surface area (Å²) in [4.78, 5) is 30.4. The lowest BCUT2D eigenvalue weighted by Crippen LogP contribution is -2.55. The van der Waals surface area contributed by atoms with Crippen molar-refractivity contribution < 1.29 is 14.3 Å². The molecule has 0 unspecified atom stereocenters. The van der Waals surface area contributed by atoms with Gasteiger partial charge in [-0.3, -0.25) is 14.6 Å². The maximum absolute atomic E-state index is 12.5. The average Bonchev–Trinajstić information content (AvgIpc) is 2.63. The maximum Gasteiger partial charge on any atom is 0.249 e. The second kappa shape index (κ2) is 7.70. The molecule has 0 saturated carbocycles. The molecule has 2 heterocycles. The second-order valence-corrected chi connectivity index (χ2v) is 5.58. The van der Waals surface area contributed by atoms with Gasteiger partial charge in [-0.25, -0.2) is 0 Å². The molecule has 6 heteroatoms. The normalized spacial score (nSPS) is 17.6. The molecule has 0 radical (unpaired) electrons. The van der Waals surface area contributed by atoms with Crippen LogP contribution in [0.3, 0.4) is 0 Å². The molecule has 2 amide bonds. The number of amides is 2. The number of morpholine rings is 1. The van der Waals surface area contributed by atoms with Gasteiger partial charge in [0.1, 0.15) is 12.6 Å². The number of nitrogens with one attached hydrogen (secondary N) is 1.